The van der Waals surface area contributed by atoms with Gasteiger partial charge in [-0.2, -0.15) is 4.31 Å². The molecule has 0 spiro atoms. The molecule has 7 nitrogen and oxygen atoms in total. The number of carbonyl (C=O) groups excluding carboxylic acids is 1. The minimum atomic E-state index is -3.77. The number of aromatic nitrogens is 1. The molecule has 0 saturated carbocycles. The Labute approximate surface area is 184 Å². The third-order valence-corrected chi connectivity index (χ3v) is 7.18. The molecule has 162 valence electrons. The zero-order chi connectivity index (χ0) is 22.0. The summed E-state index contributed by atoms with van der Waals surface area (Å²) in [7, 11) is -3.77. The van der Waals surface area contributed by atoms with Crippen molar-refractivity contribution in [3.63, 3.8) is 0 Å². The van der Waals surface area contributed by atoms with Gasteiger partial charge >= 0.3 is 0 Å². The Kier molecular flexibility index (Phi) is 6.08. The maximum Gasteiger partial charge on any atom is 0.276 e. The van der Waals surface area contributed by atoms with Gasteiger partial charge in [0.15, 0.2) is 11.5 Å². The van der Waals surface area contributed by atoms with Crippen LogP contribution in [-0.2, 0) is 10.0 Å². The van der Waals surface area contributed by atoms with Gasteiger partial charge < -0.3 is 9.42 Å². The fourth-order valence-corrected chi connectivity index (χ4v) is 5.07. The number of halogens is 2. The van der Waals surface area contributed by atoms with Crippen LogP contribution in [0.5, 0.6) is 0 Å². The molecular weight excluding hydrogens is 445 g/mol. The topological polar surface area (TPSA) is 83.7 Å². The maximum absolute atomic E-state index is 13.1. The van der Waals surface area contributed by atoms with Crippen molar-refractivity contribution in [2.75, 3.05) is 26.2 Å². The van der Waals surface area contributed by atoms with Crippen molar-refractivity contribution >= 4 is 27.5 Å². The van der Waals surface area contributed by atoms with Gasteiger partial charge in [-0.15, -0.1) is 0 Å². The molecule has 0 atom stereocenters. The van der Waals surface area contributed by atoms with E-state index in [2.05, 4.69) is 5.16 Å². The highest BCUT2D eigenvalue weighted by molar-refractivity contribution is 7.89. The van der Waals surface area contributed by atoms with E-state index in [-0.39, 0.29) is 36.1 Å². The molecule has 0 N–H and O–H groups in total. The van der Waals surface area contributed by atoms with E-state index in [1.165, 1.54) is 16.4 Å². The lowest BCUT2D eigenvalue weighted by Crippen LogP contribution is -2.37. The molecule has 10 heteroatoms. The number of amides is 1. The first kappa shape index (κ1) is 21.5. The van der Waals surface area contributed by atoms with Crippen molar-refractivity contribution in [2.45, 2.75) is 11.3 Å². The molecular formula is C21H19ClFN3O4S. The predicted octanol–water partition coefficient (Wildman–Crippen LogP) is 3.67. The summed E-state index contributed by atoms with van der Waals surface area (Å²) in [4.78, 5) is 14.5. The summed E-state index contributed by atoms with van der Waals surface area (Å²) in [5, 5.41) is 4.41. The lowest BCUT2D eigenvalue weighted by molar-refractivity contribution is 0.0754. The van der Waals surface area contributed by atoms with Crippen LogP contribution < -0.4 is 0 Å². The Morgan fingerprint density at radius 1 is 1.03 bits per heavy atom. The standard InChI is InChI=1S/C21H19ClFN3O4S/c22-16-4-1-3-15(13-16)20-14-19(24-30-20)21(27)25-9-2-10-26(12-11-25)31(28,29)18-7-5-17(23)6-8-18/h1,3-8,13-14H,2,9-12H2. The van der Waals surface area contributed by atoms with Gasteiger partial charge in [-0.1, -0.05) is 28.9 Å². The van der Waals surface area contributed by atoms with Crippen LogP contribution in [0.3, 0.4) is 0 Å². The zero-order valence-corrected chi connectivity index (χ0v) is 17.9. The van der Waals surface area contributed by atoms with Crippen molar-refractivity contribution < 1.29 is 22.1 Å². The Bertz CT molecular complexity index is 1200. The van der Waals surface area contributed by atoms with Crippen molar-refractivity contribution in [3.05, 3.63) is 71.1 Å². The molecule has 1 fully saturated rings. The number of sulfonamides is 1. The second-order valence-electron chi connectivity index (χ2n) is 7.09. The molecule has 1 amide bonds. The summed E-state index contributed by atoms with van der Waals surface area (Å²) < 4.78 is 45.4. The Morgan fingerprint density at radius 3 is 2.55 bits per heavy atom. The number of carbonyl (C=O) groups is 1. The third kappa shape index (κ3) is 4.63. The summed E-state index contributed by atoms with van der Waals surface area (Å²) in [5.74, 6) is -0.421. The first-order valence-electron chi connectivity index (χ1n) is 9.62. The number of rotatable bonds is 4. The maximum atomic E-state index is 13.1. The summed E-state index contributed by atoms with van der Waals surface area (Å²) in [5.41, 5.74) is 0.844. The number of nitrogens with zero attached hydrogens (tertiary/aromatic N) is 3. The average molecular weight is 464 g/mol. The molecule has 0 unspecified atom stereocenters. The normalized spacial score (nSPS) is 15.6. The third-order valence-electron chi connectivity index (χ3n) is 5.03. The van der Waals surface area contributed by atoms with Crippen LogP contribution in [0.25, 0.3) is 11.3 Å². The van der Waals surface area contributed by atoms with E-state index in [0.717, 1.165) is 12.1 Å². The molecule has 4 rings (SSSR count). The average Bonchev–Trinajstić information content (AvgIpc) is 3.11. The van der Waals surface area contributed by atoms with Crippen molar-refractivity contribution in [1.82, 2.24) is 14.4 Å². The summed E-state index contributed by atoms with van der Waals surface area (Å²) in [6.07, 6.45) is 0.463. The van der Waals surface area contributed by atoms with Crippen molar-refractivity contribution in [3.8, 4) is 11.3 Å². The minimum absolute atomic E-state index is 0.0244. The zero-order valence-electron chi connectivity index (χ0n) is 16.4. The smallest absolute Gasteiger partial charge is 0.276 e. The molecule has 1 saturated heterocycles. The fraction of sp³-hybridized carbons (Fsp3) is 0.238. The second-order valence-corrected chi connectivity index (χ2v) is 9.46. The number of benzene rings is 2. The fourth-order valence-electron chi connectivity index (χ4n) is 3.41. The predicted molar refractivity (Wildman–Crippen MR) is 113 cm³/mol. The minimum Gasteiger partial charge on any atom is -0.355 e. The summed E-state index contributed by atoms with van der Waals surface area (Å²) in [6.45, 7) is 0.979. The lowest BCUT2D eigenvalue weighted by atomic mass is 10.1. The van der Waals surface area contributed by atoms with Crippen LogP contribution in [0.15, 0.2) is 64.0 Å². The lowest BCUT2D eigenvalue weighted by Gasteiger charge is -2.21. The van der Waals surface area contributed by atoms with Gasteiger partial charge in [-0.25, -0.2) is 12.8 Å². The Balaban J connectivity index is 1.46. The van der Waals surface area contributed by atoms with Gasteiger partial charge in [0.25, 0.3) is 5.91 Å². The van der Waals surface area contributed by atoms with E-state index < -0.39 is 15.8 Å². The van der Waals surface area contributed by atoms with E-state index in [9.17, 15) is 17.6 Å². The SMILES string of the molecule is O=C(c1cc(-c2cccc(Cl)c2)on1)N1CCCN(S(=O)(=O)c2ccc(F)cc2)CC1. The van der Waals surface area contributed by atoms with E-state index in [1.807, 2.05) is 0 Å². The highest BCUT2D eigenvalue weighted by atomic mass is 35.5. The van der Waals surface area contributed by atoms with E-state index >= 15 is 0 Å². The monoisotopic (exact) mass is 463 g/mol. The van der Waals surface area contributed by atoms with Crippen LogP contribution in [0, 0.1) is 5.82 Å². The molecule has 3 aromatic rings. The molecule has 2 aromatic carbocycles. The van der Waals surface area contributed by atoms with Gasteiger partial charge in [-0.05, 0) is 42.8 Å². The van der Waals surface area contributed by atoms with Gasteiger partial charge in [0, 0.05) is 42.8 Å². The van der Waals surface area contributed by atoms with Gasteiger partial charge in [-0.3, -0.25) is 4.79 Å². The Morgan fingerprint density at radius 2 is 1.81 bits per heavy atom. The molecule has 0 aliphatic carbocycles. The van der Waals surface area contributed by atoms with Crippen molar-refractivity contribution in [1.29, 1.82) is 0 Å². The van der Waals surface area contributed by atoms with Gasteiger partial charge in [0.2, 0.25) is 10.0 Å². The van der Waals surface area contributed by atoms with Gasteiger partial charge in [0.05, 0.1) is 4.90 Å². The molecule has 1 aromatic heterocycles. The van der Waals surface area contributed by atoms with E-state index in [1.54, 1.807) is 35.2 Å². The second kappa shape index (κ2) is 8.78. The van der Waals surface area contributed by atoms with Crippen LogP contribution >= 0.6 is 11.6 Å². The van der Waals surface area contributed by atoms with E-state index in [0.29, 0.717) is 29.3 Å². The quantitative estimate of drug-likeness (QED) is 0.589. The molecule has 31 heavy (non-hydrogen) atoms. The summed E-state index contributed by atoms with van der Waals surface area (Å²) >= 11 is 6.00. The largest absolute Gasteiger partial charge is 0.355 e. The van der Waals surface area contributed by atoms with E-state index in [4.69, 9.17) is 16.1 Å². The number of hydrogen-bond acceptors (Lipinski definition) is 5. The summed E-state index contributed by atoms with van der Waals surface area (Å²) in [6, 6.07) is 13.3. The van der Waals surface area contributed by atoms with Crippen LogP contribution in [0.2, 0.25) is 5.02 Å². The van der Waals surface area contributed by atoms with Crippen LogP contribution in [0.4, 0.5) is 4.39 Å². The van der Waals surface area contributed by atoms with Crippen molar-refractivity contribution in [2.24, 2.45) is 0 Å². The molecule has 0 bridgehead atoms. The molecule has 0 radical (unpaired) electrons. The highest BCUT2D eigenvalue weighted by Crippen LogP contribution is 2.24. The van der Waals surface area contributed by atoms with Crippen LogP contribution in [0.1, 0.15) is 16.9 Å². The highest BCUT2D eigenvalue weighted by Gasteiger charge is 2.29. The van der Waals surface area contributed by atoms with Gasteiger partial charge in [0.1, 0.15) is 5.82 Å². The molecule has 1 aliphatic heterocycles. The van der Waals surface area contributed by atoms with Crippen LogP contribution in [-0.4, -0.2) is 54.9 Å². The first-order chi connectivity index (χ1) is 14.8. The Hall–Kier alpha value is -2.75. The first-order valence-corrected chi connectivity index (χ1v) is 11.4. The molecule has 1 aliphatic rings. The number of hydrogen-bond donors (Lipinski definition) is 0. The molecule has 2 heterocycles.